The van der Waals surface area contributed by atoms with Crippen LogP contribution >= 0.6 is 36.6 Å². The highest BCUT2D eigenvalue weighted by Crippen LogP contribution is 2.09. The molecule has 122 valence electrons. The average molecular weight is 354 g/mol. The first-order chi connectivity index (χ1) is 9.26. The molecule has 0 aliphatic heterocycles. The number of hydrogen-bond acceptors (Lipinski definition) is 4. The zero-order chi connectivity index (χ0) is 13.9. The molecule has 1 unspecified atom stereocenters. The third-order valence-electron chi connectivity index (χ3n) is 2.77. The number of unbranched alkanes of at least 4 members (excludes halogenated alkanes) is 1. The minimum absolute atomic E-state index is 0. The predicted molar refractivity (Wildman–Crippen MR) is 95.4 cm³/mol. The van der Waals surface area contributed by atoms with Crippen molar-refractivity contribution in [3.05, 3.63) is 30.1 Å². The molecule has 0 spiro atoms. The molecule has 0 radical (unpaired) electrons. The van der Waals surface area contributed by atoms with Crippen LogP contribution in [0.3, 0.4) is 0 Å². The van der Waals surface area contributed by atoms with Gasteiger partial charge in [0.25, 0.3) is 0 Å². The van der Waals surface area contributed by atoms with Gasteiger partial charge in [-0.1, -0.05) is 25.8 Å². The summed E-state index contributed by atoms with van der Waals surface area (Å²) in [4.78, 5) is 16.0. The van der Waals surface area contributed by atoms with Crippen LogP contribution in [0.5, 0.6) is 0 Å². The molecule has 1 amide bonds. The van der Waals surface area contributed by atoms with Gasteiger partial charge in [-0.2, -0.15) is 0 Å². The van der Waals surface area contributed by atoms with Gasteiger partial charge in [0.15, 0.2) is 0 Å². The molecule has 1 aromatic heterocycles. The summed E-state index contributed by atoms with van der Waals surface area (Å²) in [5, 5.41) is 2.98. The van der Waals surface area contributed by atoms with E-state index in [2.05, 4.69) is 17.2 Å². The molecule has 0 bridgehead atoms. The van der Waals surface area contributed by atoms with E-state index in [1.54, 1.807) is 18.0 Å². The van der Waals surface area contributed by atoms with Crippen molar-refractivity contribution in [2.75, 3.05) is 12.3 Å². The zero-order valence-electron chi connectivity index (χ0n) is 12.3. The van der Waals surface area contributed by atoms with E-state index in [1.807, 2.05) is 18.2 Å². The van der Waals surface area contributed by atoms with Crippen LogP contribution in [-0.2, 0) is 10.5 Å². The van der Waals surface area contributed by atoms with Gasteiger partial charge >= 0.3 is 0 Å². The van der Waals surface area contributed by atoms with Crippen LogP contribution in [0.25, 0.3) is 0 Å². The molecule has 1 rings (SSSR count). The fourth-order valence-electron chi connectivity index (χ4n) is 1.70. The van der Waals surface area contributed by atoms with Gasteiger partial charge in [0.05, 0.1) is 11.4 Å². The van der Waals surface area contributed by atoms with Gasteiger partial charge in [0.1, 0.15) is 0 Å². The Kier molecular flexibility index (Phi) is 15.7. The number of amides is 1. The Morgan fingerprint density at radius 3 is 2.76 bits per heavy atom. The number of nitrogens with two attached hydrogens (primary N) is 1. The van der Waals surface area contributed by atoms with E-state index >= 15 is 0 Å². The molecule has 1 heterocycles. The number of pyridine rings is 1. The Bertz CT molecular complexity index is 368. The summed E-state index contributed by atoms with van der Waals surface area (Å²) in [6.07, 6.45) is 4.96. The number of carbonyl (C=O) groups is 1. The molecule has 0 aromatic carbocycles. The maximum absolute atomic E-state index is 11.8. The molecule has 0 aliphatic carbocycles. The van der Waals surface area contributed by atoms with Crippen LogP contribution in [-0.4, -0.2) is 29.2 Å². The molecular weight excluding hydrogens is 329 g/mol. The van der Waals surface area contributed by atoms with Gasteiger partial charge in [-0.05, 0) is 18.6 Å². The highest BCUT2D eigenvalue weighted by atomic mass is 35.5. The minimum Gasteiger partial charge on any atom is -0.351 e. The van der Waals surface area contributed by atoms with Crippen molar-refractivity contribution in [2.24, 2.45) is 5.73 Å². The smallest absolute Gasteiger partial charge is 0.230 e. The largest absolute Gasteiger partial charge is 0.351 e. The number of halogens is 2. The van der Waals surface area contributed by atoms with Gasteiger partial charge in [-0.15, -0.1) is 36.6 Å². The summed E-state index contributed by atoms with van der Waals surface area (Å²) in [5.41, 5.74) is 6.65. The zero-order valence-corrected chi connectivity index (χ0v) is 14.7. The van der Waals surface area contributed by atoms with E-state index in [1.165, 1.54) is 0 Å². The molecule has 1 atom stereocenters. The number of nitrogens with zero attached hydrogens (tertiary/aromatic N) is 1. The molecule has 7 heteroatoms. The van der Waals surface area contributed by atoms with Gasteiger partial charge in [0, 0.05) is 24.5 Å². The summed E-state index contributed by atoms with van der Waals surface area (Å²) in [7, 11) is 0. The van der Waals surface area contributed by atoms with Gasteiger partial charge in [-0.3, -0.25) is 9.78 Å². The fourth-order valence-corrected chi connectivity index (χ4v) is 2.45. The molecule has 1 aromatic rings. The van der Waals surface area contributed by atoms with Crippen molar-refractivity contribution in [2.45, 2.75) is 38.0 Å². The number of hydrogen-bond donors (Lipinski definition) is 2. The van der Waals surface area contributed by atoms with Gasteiger partial charge in [-0.25, -0.2) is 0 Å². The fraction of sp³-hybridized carbons (Fsp3) is 0.571. The van der Waals surface area contributed by atoms with Crippen LogP contribution in [0.1, 0.15) is 31.9 Å². The number of aromatic nitrogens is 1. The first-order valence-corrected chi connectivity index (χ1v) is 7.88. The van der Waals surface area contributed by atoms with E-state index in [9.17, 15) is 4.79 Å². The van der Waals surface area contributed by atoms with Crippen molar-refractivity contribution in [3.8, 4) is 0 Å². The lowest BCUT2D eigenvalue weighted by molar-refractivity contribution is -0.119. The Labute approximate surface area is 143 Å². The summed E-state index contributed by atoms with van der Waals surface area (Å²) < 4.78 is 0. The topological polar surface area (TPSA) is 68.0 Å². The molecule has 0 saturated heterocycles. The highest BCUT2D eigenvalue weighted by Gasteiger charge is 2.10. The summed E-state index contributed by atoms with van der Waals surface area (Å²) in [5.74, 6) is 1.28. The lowest BCUT2D eigenvalue weighted by atomic mass is 10.1. The normalized spacial score (nSPS) is 11.0. The van der Waals surface area contributed by atoms with Crippen molar-refractivity contribution < 1.29 is 4.79 Å². The van der Waals surface area contributed by atoms with Crippen LogP contribution in [0, 0.1) is 0 Å². The number of thioether (sulfide) groups is 1. The van der Waals surface area contributed by atoms with Gasteiger partial charge < -0.3 is 11.1 Å². The summed E-state index contributed by atoms with van der Waals surface area (Å²) in [6.45, 7) is 2.65. The van der Waals surface area contributed by atoms with Crippen LogP contribution in [0.15, 0.2) is 24.4 Å². The Morgan fingerprint density at radius 1 is 1.43 bits per heavy atom. The molecule has 3 N–H and O–H groups in total. The predicted octanol–water partition coefficient (Wildman–Crippen LogP) is 2.79. The average Bonchev–Trinajstić information content (AvgIpc) is 2.44. The molecular formula is C14H25Cl2N3OS. The Balaban J connectivity index is 0. The van der Waals surface area contributed by atoms with Crippen LogP contribution in [0.2, 0.25) is 0 Å². The van der Waals surface area contributed by atoms with Gasteiger partial charge in [0.2, 0.25) is 5.91 Å². The monoisotopic (exact) mass is 353 g/mol. The van der Waals surface area contributed by atoms with E-state index in [4.69, 9.17) is 5.73 Å². The third-order valence-corrected chi connectivity index (χ3v) is 3.73. The van der Waals surface area contributed by atoms with E-state index in [0.29, 0.717) is 12.3 Å². The van der Waals surface area contributed by atoms with E-state index in [-0.39, 0.29) is 36.8 Å². The second-order valence-corrected chi connectivity index (χ2v) is 5.44. The van der Waals surface area contributed by atoms with Crippen LogP contribution in [0.4, 0.5) is 0 Å². The number of carbonyl (C=O) groups excluding carboxylic acids is 1. The summed E-state index contributed by atoms with van der Waals surface area (Å²) >= 11 is 1.58. The molecule has 21 heavy (non-hydrogen) atoms. The lowest BCUT2D eigenvalue weighted by Crippen LogP contribution is -2.41. The first-order valence-electron chi connectivity index (χ1n) is 6.73. The first kappa shape index (κ1) is 22.8. The molecule has 0 fully saturated rings. The molecule has 4 nitrogen and oxygen atoms in total. The second-order valence-electron chi connectivity index (χ2n) is 4.46. The summed E-state index contributed by atoms with van der Waals surface area (Å²) in [6, 6.07) is 5.93. The van der Waals surface area contributed by atoms with Crippen LogP contribution < -0.4 is 11.1 Å². The van der Waals surface area contributed by atoms with Crippen molar-refractivity contribution >= 4 is 42.5 Å². The van der Waals surface area contributed by atoms with E-state index in [0.717, 1.165) is 30.7 Å². The Hall–Kier alpha value is -0.490. The van der Waals surface area contributed by atoms with Crippen molar-refractivity contribution in [3.63, 3.8) is 0 Å². The quantitative estimate of drug-likeness (QED) is 0.716. The molecule has 0 saturated carbocycles. The SMILES string of the molecule is CCCCC(CN)NC(=O)CSCc1ccccn1.Cl.Cl. The second kappa shape index (κ2) is 14.4. The number of nitrogens with one attached hydrogen (secondary N) is 1. The Morgan fingerprint density at radius 2 is 2.19 bits per heavy atom. The van der Waals surface area contributed by atoms with E-state index < -0.39 is 0 Å². The highest BCUT2D eigenvalue weighted by molar-refractivity contribution is 7.99. The standard InChI is InChI=1S/C14H23N3OS.2ClH/c1-2-3-6-12(9-15)17-14(18)11-19-10-13-7-4-5-8-16-13;;/h4-5,7-8,12H,2-3,6,9-11,15H2,1H3,(H,17,18);2*1H. The van der Waals surface area contributed by atoms with Crippen molar-refractivity contribution in [1.82, 2.24) is 10.3 Å². The minimum atomic E-state index is 0. The maximum Gasteiger partial charge on any atom is 0.230 e. The number of rotatable bonds is 9. The lowest BCUT2D eigenvalue weighted by Gasteiger charge is -2.16. The third kappa shape index (κ3) is 10.8. The molecule has 0 aliphatic rings. The van der Waals surface area contributed by atoms with Crippen molar-refractivity contribution in [1.29, 1.82) is 0 Å². The maximum atomic E-state index is 11.8.